The van der Waals surface area contributed by atoms with E-state index in [0.717, 1.165) is 25.7 Å². The molecule has 0 amide bonds. The molecule has 0 aliphatic heterocycles. The lowest BCUT2D eigenvalue weighted by Gasteiger charge is -2.30. The van der Waals surface area contributed by atoms with E-state index < -0.39 is 20.8 Å². The highest BCUT2D eigenvalue weighted by Gasteiger charge is 2.26. The number of guanidine groups is 1. The van der Waals surface area contributed by atoms with Gasteiger partial charge in [0.1, 0.15) is 0 Å². The van der Waals surface area contributed by atoms with Crippen LogP contribution in [0, 0.1) is 0 Å². The van der Waals surface area contributed by atoms with E-state index in [1.54, 1.807) is 0 Å². The summed E-state index contributed by atoms with van der Waals surface area (Å²) in [5.74, 6) is 1.36. The van der Waals surface area contributed by atoms with Crippen LogP contribution in [0.5, 0.6) is 0 Å². The largest absolute Gasteiger partial charge is 0.357 e. The number of nitrogens with zero attached hydrogens (tertiary/aromatic N) is 2. The molecule has 0 aromatic heterocycles. The second-order valence-corrected chi connectivity index (χ2v) is 10.6. The van der Waals surface area contributed by atoms with E-state index in [2.05, 4.69) is 15.6 Å². The molecular weight excluding hydrogens is 499 g/mol. The topological polar surface area (TPSA) is 90.9 Å². The van der Waals surface area contributed by atoms with Crippen LogP contribution in [0.15, 0.2) is 4.99 Å². The van der Waals surface area contributed by atoms with Gasteiger partial charge in [-0.1, -0.05) is 27.2 Å². The number of aliphatic imine (C=N–C) groups is 1. The summed E-state index contributed by atoms with van der Waals surface area (Å²) >= 11 is 0. The fourth-order valence-corrected chi connectivity index (χ4v) is 6.00. The molecule has 1 rings (SSSR count). The molecule has 27 heavy (non-hydrogen) atoms. The molecule has 1 saturated carbocycles. The second kappa shape index (κ2) is 14.1. The fourth-order valence-electron chi connectivity index (χ4n) is 3.28. The molecule has 1 aliphatic rings. The molecule has 0 spiro atoms. The van der Waals surface area contributed by atoms with Crippen molar-refractivity contribution in [3.8, 4) is 0 Å². The zero-order valence-electron chi connectivity index (χ0n) is 17.1. The van der Waals surface area contributed by atoms with E-state index in [1.807, 2.05) is 27.7 Å². The van der Waals surface area contributed by atoms with E-state index in [1.165, 1.54) is 4.31 Å². The maximum atomic E-state index is 12.3. The molecule has 7 nitrogen and oxygen atoms in total. The molecule has 0 radical (unpaired) electrons. The van der Waals surface area contributed by atoms with Gasteiger partial charge in [0.25, 0.3) is 0 Å². The summed E-state index contributed by atoms with van der Waals surface area (Å²) in [5, 5.41) is 6.84. The van der Waals surface area contributed by atoms with Crippen molar-refractivity contribution in [1.29, 1.82) is 0 Å². The Bertz CT molecular complexity index is 569. The predicted molar refractivity (Wildman–Crippen MR) is 126 cm³/mol. The minimum Gasteiger partial charge on any atom is -0.357 e. The molecule has 0 aromatic rings. The van der Waals surface area contributed by atoms with Gasteiger partial charge in [0.2, 0.25) is 10.0 Å². The minimum atomic E-state index is -3.26. The van der Waals surface area contributed by atoms with E-state index >= 15 is 0 Å². The first-order chi connectivity index (χ1) is 12.4. The van der Waals surface area contributed by atoms with Gasteiger partial charge in [-0.05, 0) is 26.2 Å². The summed E-state index contributed by atoms with van der Waals surface area (Å²) in [6.45, 7) is 9.55. The van der Waals surface area contributed by atoms with Crippen molar-refractivity contribution in [1.82, 2.24) is 14.9 Å². The molecule has 10 heteroatoms. The van der Waals surface area contributed by atoms with Gasteiger partial charge in [0.05, 0.1) is 12.3 Å². The van der Waals surface area contributed by atoms with Crippen LogP contribution in [0.4, 0.5) is 0 Å². The molecule has 1 fully saturated rings. The number of hydrogen-bond donors (Lipinski definition) is 2. The molecule has 0 aromatic carbocycles. The van der Waals surface area contributed by atoms with Crippen molar-refractivity contribution >= 4 is 50.8 Å². The van der Waals surface area contributed by atoms with E-state index in [9.17, 15) is 12.6 Å². The molecule has 162 valence electrons. The van der Waals surface area contributed by atoms with Crippen LogP contribution in [-0.2, 0) is 20.8 Å². The average Bonchev–Trinajstić information content (AvgIpc) is 2.62. The highest BCUT2D eigenvalue weighted by Crippen LogP contribution is 2.22. The van der Waals surface area contributed by atoms with Crippen LogP contribution in [0.3, 0.4) is 0 Å². The Hall–Kier alpha value is 0.0600. The van der Waals surface area contributed by atoms with E-state index in [4.69, 9.17) is 0 Å². The van der Waals surface area contributed by atoms with Gasteiger partial charge in [-0.15, -0.1) is 24.0 Å². The first-order valence-corrected chi connectivity index (χ1v) is 12.8. The van der Waals surface area contributed by atoms with Gasteiger partial charge in [-0.2, -0.15) is 0 Å². The van der Waals surface area contributed by atoms with Crippen molar-refractivity contribution in [3.63, 3.8) is 0 Å². The third-order valence-electron chi connectivity index (χ3n) is 4.69. The van der Waals surface area contributed by atoms with Gasteiger partial charge in [-0.25, -0.2) is 12.7 Å². The Kier molecular flexibility index (Phi) is 14.1. The Morgan fingerprint density at radius 2 is 1.85 bits per heavy atom. The summed E-state index contributed by atoms with van der Waals surface area (Å²) < 4.78 is 38.1. The summed E-state index contributed by atoms with van der Waals surface area (Å²) in [6, 6.07) is 0.237. The van der Waals surface area contributed by atoms with Crippen LogP contribution in [0.25, 0.3) is 0 Å². The van der Waals surface area contributed by atoms with Crippen LogP contribution in [0.2, 0.25) is 0 Å². The van der Waals surface area contributed by atoms with Crippen molar-refractivity contribution in [2.75, 3.05) is 37.7 Å². The summed E-state index contributed by atoms with van der Waals surface area (Å²) in [6.07, 6.45) is 3.99. The Morgan fingerprint density at radius 3 is 2.41 bits per heavy atom. The normalized spacial score (nSPS) is 22.2. The van der Waals surface area contributed by atoms with E-state index in [-0.39, 0.29) is 47.6 Å². The average molecular weight is 537 g/mol. The smallest absolute Gasteiger partial charge is 0.215 e. The first kappa shape index (κ1) is 27.1. The lowest BCUT2D eigenvalue weighted by molar-refractivity contribution is 0.413. The quantitative estimate of drug-likeness (QED) is 0.253. The van der Waals surface area contributed by atoms with Gasteiger partial charge in [0.15, 0.2) is 5.96 Å². The maximum absolute atomic E-state index is 12.3. The Labute approximate surface area is 185 Å². The van der Waals surface area contributed by atoms with Gasteiger partial charge >= 0.3 is 0 Å². The van der Waals surface area contributed by atoms with Gasteiger partial charge < -0.3 is 10.6 Å². The molecule has 0 heterocycles. The lowest BCUT2D eigenvalue weighted by atomic mass is 9.95. The number of sulfonamides is 1. The van der Waals surface area contributed by atoms with Crippen molar-refractivity contribution in [2.24, 2.45) is 4.99 Å². The number of nitrogens with one attached hydrogen (secondary N) is 2. The summed E-state index contributed by atoms with van der Waals surface area (Å²) in [7, 11) is -4.02. The standard InChI is InChI=1S/C17H36N4O3S2.HI/c1-5-18-17(19-12-13-26(23,24)21(6-2)7-3)20-15-10-9-11-16(14-15)25(22)8-4;/h15-16H,5-14H2,1-4H3,(H2,18,19,20);1H. The van der Waals surface area contributed by atoms with Crippen LogP contribution in [-0.4, -0.2) is 71.9 Å². The van der Waals surface area contributed by atoms with Crippen LogP contribution >= 0.6 is 24.0 Å². The van der Waals surface area contributed by atoms with Crippen molar-refractivity contribution < 1.29 is 12.6 Å². The van der Waals surface area contributed by atoms with Crippen LogP contribution < -0.4 is 10.6 Å². The fraction of sp³-hybridized carbons (Fsp3) is 0.941. The SMILES string of the molecule is CCNC(=NCCS(=O)(=O)N(CC)CC)NC1CCCC(S(=O)CC)C1.I. The summed E-state index contributed by atoms with van der Waals surface area (Å²) in [4.78, 5) is 4.45. The Balaban J connectivity index is 0.00000676. The molecule has 3 atom stereocenters. The van der Waals surface area contributed by atoms with E-state index in [0.29, 0.717) is 31.3 Å². The summed E-state index contributed by atoms with van der Waals surface area (Å²) in [5.41, 5.74) is 0. The number of hydrogen-bond acceptors (Lipinski definition) is 4. The predicted octanol–water partition coefficient (Wildman–Crippen LogP) is 1.91. The monoisotopic (exact) mass is 536 g/mol. The van der Waals surface area contributed by atoms with Gasteiger partial charge in [0, 0.05) is 47.5 Å². The third-order valence-corrected chi connectivity index (χ3v) is 8.43. The van der Waals surface area contributed by atoms with Crippen molar-refractivity contribution in [3.05, 3.63) is 0 Å². The highest BCUT2D eigenvalue weighted by molar-refractivity contribution is 14.0. The third kappa shape index (κ3) is 9.40. The van der Waals surface area contributed by atoms with Crippen molar-refractivity contribution in [2.45, 2.75) is 64.7 Å². The molecule has 0 saturated heterocycles. The maximum Gasteiger partial charge on any atom is 0.215 e. The minimum absolute atomic E-state index is 0. The molecule has 0 bridgehead atoms. The number of halogens is 1. The zero-order chi connectivity index (χ0) is 19.6. The molecular formula is C17H37IN4O3S2. The highest BCUT2D eigenvalue weighted by atomic mass is 127. The molecule has 1 aliphatic carbocycles. The number of rotatable bonds is 10. The Morgan fingerprint density at radius 1 is 1.19 bits per heavy atom. The zero-order valence-corrected chi connectivity index (χ0v) is 21.0. The molecule has 2 N–H and O–H groups in total. The van der Waals surface area contributed by atoms with Gasteiger partial charge in [-0.3, -0.25) is 9.20 Å². The second-order valence-electron chi connectivity index (χ2n) is 6.46. The molecule has 3 unspecified atom stereocenters. The van der Waals surface area contributed by atoms with Crippen LogP contribution in [0.1, 0.15) is 53.4 Å². The lowest BCUT2D eigenvalue weighted by Crippen LogP contribution is -2.47. The first-order valence-electron chi connectivity index (χ1n) is 9.77.